The monoisotopic (exact) mass is 614 g/mol. The van der Waals surface area contributed by atoms with Crippen LogP contribution in [0.3, 0.4) is 0 Å². The van der Waals surface area contributed by atoms with Gasteiger partial charge < -0.3 is 14.5 Å². The summed E-state index contributed by atoms with van der Waals surface area (Å²) in [6.45, 7) is 0.908. The SMILES string of the molecule is Cc1cc(F)ccc1[C@H]1C[C@@H](OCCOS(C)(=O)=O)CCN1C(=O)N(C)Cc1cc(C(F)(F)F)cc(C(F)(F)F)c1. The van der Waals surface area contributed by atoms with Gasteiger partial charge in [0.15, 0.2) is 0 Å². The highest BCUT2D eigenvalue weighted by molar-refractivity contribution is 7.85. The fourth-order valence-corrected chi connectivity index (χ4v) is 5.06. The quantitative estimate of drug-likeness (QED) is 0.210. The van der Waals surface area contributed by atoms with Gasteiger partial charge >= 0.3 is 18.4 Å². The molecule has 7 nitrogen and oxygen atoms in total. The lowest BCUT2D eigenvalue weighted by Gasteiger charge is -2.41. The topological polar surface area (TPSA) is 76.1 Å². The van der Waals surface area contributed by atoms with Crippen molar-refractivity contribution in [2.45, 2.75) is 50.8 Å². The molecule has 41 heavy (non-hydrogen) atoms. The van der Waals surface area contributed by atoms with E-state index in [1.807, 2.05) is 0 Å². The van der Waals surface area contributed by atoms with E-state index in [1.54, 1.807) is 6.92 Å². The Balaban J connectivity index is 1.84. The molecule has 1 aliphatic rings. The van der Waals surface area contributed by atoms with Crippen LogP contribution in [0.5, 0.6) is 0 Å². The predicted octanol–water partition coefficient (Wildman–Crippen LogP) is 5.92. The zero-order valence-electron chi connectivity index (χ0n) is 22.4. The standard InChI is InChI=1S/C26H29F7N2O5S/c1-16-10-20(27)4-5-22(16)23-14-21(39-8-9-40-41(3,37)38)6-7-35(23)24(36)34(2)15-17-11-18(25(28,29)30)13-19(12-17)26(31,32)33/h4-5,10-13,21,23H,6-9,14-15H2,1-3H3/t21-,23+/m0/s1. The maximum Gasteiger partial charge on any atom is 0.416 e. The van der Waals surface area contributed by atoms with Crippen molar-refractivity contribution in [1.29, 1.82) is 0 Å². The number of hydrogen-bond acceptors (Lipinski definition) is 5. The van der Waals surface area contributed by atoms with Crippen LogP contribution >= 0.6 is 0 Å². The zero-order chi connectivity index (χ0) is 30.8. The van der Waals surface area contributed by atoms with Crippen LogP contribution in [0.25, 0.3) is 0 Å². The van der Waals surface area contributed by atoms with Crippen LogP contribution in [0.4, 0.5) is 35.5 Å². The van der Waals surface area contributed by atoms with Gasteiger partial charge in [-0.15, -0.1) is 0 Å². The number of aryl methyl sites for hydroxylation is 1. The third-order valence-electron chi connectivity index (χ3n) is 6.52. The summed E-state index contributed by atoms with van der Waals surface area (Å²) < 4.78 is 126. The van der Waals surface area contributed by atoms with Gasteiger partial charge in [0.1, 0.15) is 5.82 Å². The molecule has 2 aromatic rings. The van der Waals surface area contributed by atoms with Crippen molar-refractivity contribution in [2.75, 3.05) is 33.1 Å². The van der Waals surface area contributed by atoms with Crippen LogP contribution < -0.4 is 0 Å². The summed E-state index contributed by atoms with van der Waals surface area (Å²) in [6, 6.07) is 3.79. The normalized spacial score (nSPS) is 18.4. The summed E-state index contributed by atoms with van der Waals surface area (Å²) in [5.41, 5.74) is -2.24. The second-order valence-corrected chi connectivity index (χ2v) is 11.5. The smallest absolute Gasteiger partial charge is 0.376 e. The first-order valence-electron chi connectivity index (χ1n) is 12.4. The number of rotatable bonds is 8. The van der Waals surface area contributed by atoms with Crippen LogP contribution in [-0.4, -0.2) is 63.4 Å². The minimum atomic E-state index is -5.03. The van der Waals surface area contributed by atoms with Crippen molar-refractivity contribution in [3.63, 3.8) is 0 Å². The molecular formula is C26H29F7N2O5S. The summed E-state index contributed by atoms with van der Waals surface area (Å²) >= 11 is 0. The van der Waals surface area contributed by atoms with Gasteiger partial charge in [-0.3, -0.25) is 4.18 Å². The Morgan fingerprint density at radius 3 is 2.17 bits per heavy atom. The van der Waals surface area contributed by atoms with E-state index in [2.05, 4.69) is 4.18 Å². The van der Waals surface area contributed by atoms with Gasteiger partial charge in [0.25, 0.3) is 10.1 Å². The molecule has 0 unspecified atom stereocenters. The molecule has 3 rings (SSSR count). The summed E-state index contributed by atoms with van der Waals surface area (Å²) in [7, 11) is -2.41. The number of alkyl halides is 6. The lowest BCUT2D eigenvalue weighted by atomic mass is 9.90. The van der Waals surface area contributed by atoms with E-state index in [9.17, 15) is 43.9 Å². The van der Waals surface area contributed by atoms with E-state index in [4.69, 9.17) is 4.74 Å². The number of urea groups is 1. The summed E-state index contributed by atoms with van der Waals surface area (Å²) in [5, 5.41) is 0. The van der Waals surface area contributed by atoms with Crippen LogP contribution in [-0.2, 0) is 37.9 Å². The second-order valence-electron chi connectivity index (χ2n) is 9.81. The Morgan fingerprint density at radius 1 is 1.02 bits per heavy atom. The van der Waals surface area contributed by atoms with E-state index in [0.717, 1.165) is 11.2 Å². The summed E-state index contributed by atoms with van der Waals surface area (Å²) in [6.07, 6.45) is -9.09. The molecule has 0 spiro atoms. The molecule has 1 saturated heterocycles. The van der Waals surface area contributed by atoms with Crippen LogP contribution in [0.1, 0.15) is 46.7 Å². The Labute approximate surface area is 232 Å². The van der Waals surface area contributed by atoms with Gasteiger partial charge in [0.05, 0.1) is 42.7 Å². The fraction of sp³-hybridized carbons (Fsp3) is 0.500. The third kappa shape index (κ3) is 9.04. The van der Waals surface area contributed by atoms with Crippen molar-refractivity contribution < 1.29 is 52.9 Å². The Bertz CT molecular complexity index is 1320. The highest BCUT2D eigenvalue weighted by Gasteiger charge is 2.38. The van der Waals surface area contributed by atoms with Crippen molar-refractivity contribution >= 4 is 16.1 Å². The van der Waals surface area contributed by atoms with Crippen LogP contribution in [0.2, 0.25) is 0 Å². The van der Waals surface area contributed by atoms with Crippen molar-refractivity contribution in [3.8, 4) is 0 Å². The van der Waals surface area contributed by atoms with Gasteiger partial charge in [-0.2, -0.15) is 34.8 Å². The van der Waals surface area contributed by atoms with Gasteiger partial charge in [-0.1, -0.05) is 6.07 Å². The largest absolute Gasteiger partial charge is 0.416 e. The number of hydrogen-bond donors (Lipinski definition) is 0. The molecule has 0 saturated carbocycles. The van der Waals surface area contributed by atoms with E-state index in [1.165, 1.54) is 30.1 Å². The van der Waals surface area contributed by atoms with Crippen LogP contribution in [0, 0.1) is 12.7 Å². The Kier molecular flexibility index (Phi) is 9.96. The number of amides is 2. The Morgan fingerprint density at radius 2 is 1.63 bits per heavy atom. The van der Waals surface area contributed by atoms with Crippen LogP contribution in [0.15, 0.2) is 36.4 Å². The lowest BCUT2D eigenvalue weighted by molar-refractivity contribution is -0.143. The van der Waals surface area contributed by atoms with Gasteiger partial charge in [0.2, 0.25) is 0 Å². The highest BCUT2D eigenvalue weighted by Crippen LogP contribution is 2.38. The molecule has 0 aliphatic carbocycles. The number of halogens is 7. The maximum absolute atomic E-state index is 13.8. The molecule has 228 valence electrons. The zero-order valence-corrected chi connectivity index (χ0v) is 23.2. The molecule has 0 aromatic heterocycles. The number of carbonyl (C=O) groups is 1. The molecule has 1 heterocycles. The second kappa shape index (κ2) is 12.5. The van der Waals surface area contributed by atoms with E-state index >= 15 is 0 Å². The van der Waals surface area contributed by atoms with Gasteiger partial charge in [-0.05, 0) is 66.8 Å². The predicted molar refractivity (Wildman–Crippen MR) is 134 cm³/mol. The first-order valence-corrected chi connectivity index (χ1v) is 14.2. The number of piperidine rings is 1. The molecule has 1 aliphatic heterocycles. The average molecular weight is 615 g/mol. The average Bonchev–Trinajstić information content (AvgIpc) is 2.84. The van der Waals surface area contributed by atoms with E-state index < -0.39 is 64.1 Å². The molecule has 0 N–H and O–H groups in total. The van der Waals surface area contributed by atoms with Crippen molar-refractivity contribution in [1.82, 2.24) is 9.80 Å². The minimum Gasteiger partial charge on any atom is -0.376 e. The molecule has 1 fully saturated rings. The third-order valence-corrected chi connectivity index (χ3v) is 7.11. The van der Waals surface area contributed by atoms with Crippen molar-refractivity contribution in [3.05, 3.63) is 70.0 Å². The molecule has 15 heteroatoms. The molecular weight excluding hydrogens is 585 g/mol. The van der Waals surface area contributed by atoms with E-state index in [-0.39, 0.29) is 37.8 Å². The summed E-state index contributed by atoms with van der Waals surface area (Å²) in [5.74, 6) is -0.507. The first-order chi connectivity index (χ1) is 18.8. The number of nitrogens with zero attached hydrogens (tertiary/aromatic N) is 2. The lowest BCUT2D eigenvalue weighted by Crippen LogP contribution is -2.48. The van der Waals surface area contributed by atoms with Gasteiger partial charge in [-0.25, -0.2) is 9.18 Å². The summed E-state index contributed by atoms with van der Waals surface area (Å²) in [4.78, 5) is 15.9. The molecule has 0 radical (unpaired) electrons. The first kappa shape index (κ1) is 32.6. The molecule has 2 atom stereocenters. The molecule has 2 amide bonds. The highest BCUT2D eigenvalue weighted by atomic mass is 32.2. The number of benzene rings is 2. The fourth-order valence-electron chi connectivity index (χ4n) is 4.69. The minimum absolute atomic E-state index is 0.0183. The molecule has 0 bridgehead atoms. The van der Waals surface area contributed by atoms with E-state index in [0.29, 0.717) is 29.7 Å². The van der Waals surface area contributed by atoms with Crippen molar-refractivity contribution in [2.24, 2.45) is 0 Å². The Hall–Kier alpha value is -2.91. The number of ether oxygens (including phenoxy) is 1. The van der Waals surface area contributed by atoms with Gasteiger partial charge in [0, 0.05) is 20.1 Å². The number of carbonyl (C=O) groups excluding carboxylic acids is 1. The maximum atomic E-state index is 13.8. The molecule has 2 aromatic carbocycles. The number of likely N-dealkylation sites (tertiary alicyclic amines) is 1.